The molecular formula is C13H11NO. The van der Waals surface area contributed by atoms with Gasteiger partial charge in [0, 0.05) is 0 Å². The summed E-state index contributed by atoms with van der Waals surface area (Å²) in [6.07, 6.45) is 8.13. The standard InChI is InChI=1S/C13H11NO/c15-13-12-8-7-10(14-13)6-5-9-3-1-2-4-11(9)12/h1-8,10,12H,(H,14,15)/t10-,12-/m1/s1. The second kappa shape index (κ2) is 3.09. The summed E-state index contributed by atoms with van der Waals surface area (Å²) >= 11 is 0. The number of rotatable bonds is 0. The van der Waals surface area contributed by atoms with E-state index in [4.69, 9.17) is 0 Å². The molecule has 4 rings (SSSR count). The molecule has 2 heteroatoms. The van der Waals surface area contributed by atoms with Crippen molar-refractivity contribution in [2.75, 3.05) is 0 Å². The number of hydrogen-bond acceptors (Lipinski definition) is 1. The number of nitrogens with one attached hydrogen (secondary N) is 1. The fraction of sp³-hybridized carbons (Fsp3) is 0.154. The van der Waals surface area contributed by atoms with Crippen molar-refractivity contribution in [3.8, 4) is 0 Å². The number of hydrogen-bond donors (Lipinski definition) is 1. The topological polar surface area (TPSA) is 29.1 Å². The van der Waals surface area contributed by atoms with Crippen molar-refractivity contribution < 1.29 is 4.79 Å². The van der Waals surface area contributed by atoms with Crippen LogP contribution in [0.2, 0.25) is 0 Å². The third kappa shape index (κ3) is 1.30. The van der Waals surface area contributed by atoms with Gasteiger partial charge in [0.2, 0.25) is 5.91 Å². The molecular weight excluding hydrogens is 186 g/mol. The Labute approximate surface area is 88.3 Å². The van der Waals surface area contributed by atoms with Gasteiger partial charge >= 0.3 is 0 Å². The molecule has 0 spiro atoms. The van der Waals surface area contributed by atoms with Gasteiger partial charge in [-0.3, -0.25) is 4.79 Å². The van der Waals surface area contributed by atoms with Crippen molar-refractivity contribution >= 4 is 12.0 Å². The summed E-state index contributed by atoms with van der Waals surface area (Å²) in [4.78, 5) is 11.8. The molecule has 1 amide bonds. The molecule has 0 saturated carbocycles. The Bertz CT molecular complexity index is 473. The number of carbonyl (C=O) groups is 1. The minimum atomic E-state index is -0.123. The fourth-order valence-corrected chi connectivity index (χ4v) is 2.13. The zero-order valence-electron chi connectivity index (χ0n) is 8.18. The molecule has 2 bridgehead atoms. The average molecular weight is 197 g/mol. The lowest BCUT2D eigenvalue weighted by Crippen LogP contribution is -2.39. The Morgan fingerprint density at radius 2 is 1.93 bits per heavy atom. The van der Waals surface area contributed by atoms with Gasteiger partial charge in [0.15, 0.2) is 0 Å². The van der Waals surface area contributed by atoms with E-state index in [9.17, 15) is 4.79 Å². The molecule has 74 valence electrons. The Morgan fingerprint density at radius 3 is 2.80 bits per heavy atom. The van der Waals surface area contributed by atoms with Crippen LogP contribution in [0.25, 0.3) is 6.08 Å². The normalized spacial score (nSPS) is 26.8. The molecule has 0 saturated heterocycles. The highest BCUT2D eigenvalue weighted by Crippen LogP contribution is 2.27. The van der Waals surface area contributed by atoms with Gasteiger partial charge < -0.3 is 5.32 Å². The molecule has 3 aliphatic rings. The number of fused-ring (bicyclic) bond motifs is 1. The quantitative estimate of drug-likeness (QED) is 0.632. The Balaban J connectivity index is 2.23. The van der Waals surface area contributed by atoms with Crippen molar-refractivity contribution in [2.24, 2.45) is 0 Å². The lowest BCUT2D eigenvalue weighted by molar-refractivity contribution is -0.122. The average Bonchev–Trinajstić information content (AvgIpc) is 2.23. The maximum atomic E-state index is 11.8. The molecule has 1 aliphatic carbocycles. The van der Waals surface area contributed by atoms with Crippen molar-refractivity contribution in [3.05, 3.63) is 53.6 Å². The highest BCUT2D eigenvalue weighted by atomic mass is 16.2. The molecule has 2 nitrogen and oxygen atoms in total. The van der Waals surface area contributed by atoms with E-state index in [1.807, 2.05) is 42.5 Å². The van der Waals surface area contributed by atoms with Crippen LogP contribution in [0.3, 0.4) is 0 Å². The molecule has 1 N–H and O–H groups in total. The van der Waals surface area contributed by atoms with Gasteiger partial charge in [-0.2, -0.15) is 0 Å². The van der Waals surface area contributed by atoms with Crippen LogP contribution in [0.15, 0.2) is 42.5 Å². The van der Waals surface area contributed by atoms with Crippen LogP contribution in [-0.2, 0) is 4.79 Å². The van der Waals surface area contributed by atoms with Crippen LogP contribution in [0.4, 0.5) is 0 Å². The van der Waals surface area contributed by atoms with Crippen LogP contribution in [0.5, 0.6) is 0 Å². The first-order valence-corrected chi connectivity index (χ1v) is 5.10. The molecule has 0 radical (unpaired) electrons. The minimum Gasteiger partial charge on any atom is -0.346 e. The second-order valence-corrected chi connectivity index (χ2v) is 3.88. The zero-order valence-corrected chi connectivity index (χ0v) is 8.18. The van der Waals surface area contributed by atoms with E-state index in [1.165, 1.54) is 0 Å². The summed E-state index contributed by atoms with van der Waals surface area (Å²) in [6.45, 7) is 0. The maximum absolute atomic E-state index is 11.8. The van der Waals surface area contributed by atoms with Gasteiger partial charge in [-0.05, 0) is 11.1 Å². The van der Waals surface area contributed by atoms with E-state index in [2.05, 4.69) is 11.4 Å². The summed E-state index contributed by atoms with van der Waals surface area (Å²) in [6, 6.07) is 8.09. The Morgan fingerprint density at radius 1 is 1.07 bits per heavy atom. The predicted molar refractivity (Wildman–Crippen MR) is 59.3 cm³/mol. The van der Waals surface area contributed by atoms with E-state index >= 15 is 0 Å². The molecule has 0 fully saturated rings. The fourth-order valence-electron chi connectivity index (χ4n) is 2.13. The molecule has 15 heavy (non-hydrogen) atoms. The minimum absolute atomic E-state index is 0.0575. The monoisotopic (exact) mass is 197 g/mol. The van der Waals surface area contributed by atoms with Gasteiger partial charge in [0.25, 0.3) is 0 Å². The predicted octanol–water partition coefficient (Wildman–Crippen LogP) is 1.85. The number of amides is 1. The van der Waals surface area contributed by atoms with Crippen LogP contribution in [-0.4, -0.2) is 11.9 Å². The van der Waals surface area contributed by atoms with Gasteiger partial charge in [-0.15, -0.1) is 0 Å². The first-order valence-electron chi connectivity index (χ1n) is 5.10. The van der Waals surface area contributed by atoms with Crippen molar-refractivity contribution in [3.63, 3.8) is 0 Å². The summed E-state index contributed by atoms with van der Waals surface area (Å²) < 4.78 is 0. The third-order valence-electron chi connectivity index (χ3n) is 2.92. The third-order valence-corrected chi connectivity index (χ3v) is 2.92. The highest BCUT2D eigenvalue weighted by molar-refractivity contribution is 5.89. The number of benzene rings is 1. The maximum Gasteiger partial charge on any atom is 0.232 e. The van der Waals surface area contributed by atoms with Crippen LogP contribution < -0.4 is 5.32 Å². The molecule has 2 aliphatic heterocycles. The summed E-state index contributed by atoms with van der Waals surface area (Å²) in [7, 11) is 0. The van der Waals surface area contributed by atoms with Crippen LogP contribution in [0.1, 0.15) is 17.0 Å². The smallest absolute Gasteiger partial charge is 0.232 e. The summed E-state index contributed by atoms with van der Waals surface area (Å²) in [5.74, 6) is -0.0262. The van der Waals surface area contributed by atoms with Gasteiger partial charge in [0.05, 0.1) is 12.0 Å². The van der Waals surface area contributed by atoms with E-state index in [-0.39, 0.29) is 17.9 Å². The Kier molecular flexibility index (Phi) is 1.75. The van der Waals surface area contributed by atoms with E-state index in [1.54, 1.807) is 0 Å². The SMILES string of the molecule is O=C1N[C@@H]2C=Cc3ccccc3[C@H]1C=C2. The van der Waals surface area contributed by atoms with E-state index in [0.717, 1.165) is 11.1 Å². The lowest BCUT2D eigenvalue weighted by atomic mass is 9.87. The molecule has 1 aromatic rings. The van der Waals surface area contributed by atoms with Crippen LogP contribution in [0, 0.1) is 0 Å². The number of carbonyl (C=O) groups excluding carboxylic acids is 1. The van der Waals surface area contributed by atoms with Crippen molar-refractivity contribution in [2.45, 2.75) is 12.0 Å². The molecule has 2 heterocycles. The van der Waals surface area contributed by atoms with Gasteiger partial charge in [-0.25, -0.2) is 0 Å². The first-order chi connectivity index (χ1) is 7.34. The lowest BCUT2D eigenvalue weighted by Gasteiger charge is -2.25. The van der Waals surface area contributed by atoms with Crippen molar-refractivity contribution in [1.82, 2.24) is 5.32 Å². The van der Waals surface area contributed by atoms with E-state index in [0.29, 0.717) is 0 Å². The zero-order chi connectivity index (χ0) is 10.3. The molecule has 2 atom stereocenters. The largest absolute Gasteiger partial charge is 0.346 e. The Hall–Kier alpha value is -1.83. The molecule has 0 unspecified atom stereocenters. The molecule has 1 aromatic carbocycles. The van der Waals surface area contributed by atoms with Gasteiger partial charge in [-0.1, -0.05) is 48.6 Å². The molecule has 0 aromatic heterocycles. The van der Waals surface area contributed by atoms with Crippen molar-refractivity contribution in [1.29, 1.82) is 0 Å². The summed E-state index contributed by atoms with van der Waals surface area (Å²) in [5, 5.41) is 2.95. The van der Waals surface area contributed by atoms with Crippen LogP contribution >= 0.6 is 0 Å². The highest BCUT2D eigenvalue weighted by Gasteiger charge is 2.26. The van der Waals surface area contributed by atoms with Gasteiger partial charge in [0.1, 0.15) is 0 Å². The summed E-state index contributed by atoms with van der Waals surface area (Å²) in [5.41, 5.74) is 2.23. The van der Waals surface area contributed by atoms with E-state index < -0.39 is 0 Å². The first kappa shape index (κ1) is 8.48. The second-order valence-electron chi connectivity index (χ2n) is 3.88.